The number of aryl methyl sites for hydroxylation is 1. The Morgan fingerprint density at radius 3 is 2.83 bits per heavy atom. The van der Waals surface area contributed by atoms with Gasteiger partial charge in [-0.2, -0.15) is 0 Å². The van der Waals surface area contributed by atoms with E-state index in [0.29, 0.717) is 11.4 Å². The largest absolute Gasteiger partial charge is 0.351 e. The van der Waals surface area contributed by atoms with Gasteiger partial charge in [0.05, 0.1) is 5.69 Å². The van der Waals surface area contributed by atoms with Crippen LogP contribution in [0.25, 0.3) is 0 Å². The molecule has 2 rings (SSSR count). The highest BCUT2D eigenvalue weighted by Gasteiger charge is 2.13. The molecule has 0 radical (unpaired) electrons. The zero-order chi connectivity index (χ0) is 12.8. The second-order valence-electron chi connectivity index (χ2n) is 3.89. The molecule has 0 unspecified atom stereocenters. The maximum absolute atomic E-state index is 11.9. The summed E-state index contributed by atoms with van der Waals surface area (Å²) in [4.78, 5) is 12.5. The van der Waals surface area contributed by atoms with Crippen molar-refractivity contribution >= 4 is 17.4 Å². The summed E-state index contributed by atoms with van der Waals surface area (Å²) in [6.45, 7) is 2.60. The number of carbonyl (C=O) groups is 1. The number of nitrogens with zero attached hydrogens (tertiary/aromatic N) is 2. The minimum Gasteiger partial charge on any atom is -0.351 e. The van der Waals surface area contributed by atoms with Crippen LogP contribution in [-0.2, 0) is 12.8 Å². The molecule has 1 N–H and O–H groups in total. The fraction of sp³-hybridized carbons (Fsp3) is 0.308. The van der Waals surface area contributed by atoms with Gasteiger partial charge in [-0.25, -0.2) is 0 Å². The molecular formula is C13H15N3OS. The first-order chi connectivity index (χ1) is 8.81. The quantitative estimate of drug-likeness (QED) is 0.896. The summed E-state index contributed by atoms with van der Waals surface area (Å²) >= 11 is 1.16. The van der Waals surface area contributed by atoms with E-state index in [0.717, 1.165) is 30.1 Å². The molecule has 0 aliphatic heterocycles. The van der Waals surface area contributed by atoms with Crippen LogP contribution < -0.4 is 5.32 Å². The van der Waals surface area contributed by atoms with Crippen LogP contribution >= 0.6 is 11.5 Å². The fourth-order valence-corrected chi connectivity index (χ4v) is 2.32. The zero-order valence-electron chi connectivity index (χ0n) is 10.2. The average molecular weight is 261 g/mol. The van der Waals surface area contributed by atoms with Gasteiger partial charge in [-0.1, -0.05) is 41.7 Å². The molecule has 1 heterocycles. The van der Waals surface area contributed by atoms with Gasteiger partial charge in [0.2, 0.25) is 0 Å². The first-order valence-electron chi connectivity index (χ1n) is 5.94. The Hall–Kier alpha value is -1.75. The van der Waals surface area contributed by atoms with Crippen molar-refractivity contribution in [3.8, 4) is 0 Å². The van der Waals surface area contributed by atoms with Crippen molar-refractivity contribution in [1.29, 1.82) is 0 Å². The average Bonchev–Trinajstić information content (AvgIpc) is 2.88. The molecule has 0 aliphatic rings. The van der Waals surface area contributed by atoms with Crippen molar-refractivity contribution < 1.29 is 4.79 Å². The predicted octanol–water partition coefficient (Wildman–Crippen LogP) is 2.07. The Bertz CT molecular complexity index is 510. The molecule has 94 valence electrons. The molecular weight excluding hydrogens is 246 g/mol. The van der Waals surface area contributed by atoms with Gasteiger partial charge in [0.25, 0.3) is 5.91 Å². The van der Waals surface area contributed by atoms with Crippen LogP contribution in [0.4, 0.5) is 0 Å². The lowest BCUT2D eigenvalue weighted by Gasteiger charge is -2.04. The summed E-state index contributed by atoms with van der Waals surface area (Å²) in [5.74, 6) is -0.0715. The van der Waals surface area contributed by atoms with Gasteiger partial charge in [-0.05, 0) is 29.9 Å². The van der Waals surface area contributed by atoms with E-state index in [4.69, 9.17) is 0 Å². The molecule has 1 amide bonds. The van der Waals surface area contributed by atoms with Crippen molar-refractivity contribution in [2.45, 2.75) is 19.8 Å². The molecule has 0 spiro atoms. The van der Waals surface area contributed by atoms with Crippen molar-refractivity contribution in [3.63, 3.8) is 0 Å². The number of aromatic nitrogens is 2. The Morgan fingerprint density at radius 2 is 2.11 bits per heavy atom. The fourth-order valence-electron chi connectivity index (χ4n) is 1.66. The molecule has 0 saturated heterocycles. The summed E-state index contributed by atoms with van der Waals surface area (Å²) < 4.78 is 3.81. The summed E-state index contributed by atoms with van der Waals surface area (Å²) in [5, 5.41) is 6.83. The number of benzene rings is 1. The lowest BCUT2D eigenvalue weighted by molar-refractivity contribution is 0.0957. The van der Waals surface area contributed by atoms with Crippen molar-refractivity contribution in [3.05, 3.63) is 46.5 Å². The molecule has 0 atom stereocenters. The van der Waals surface area contributed by atoms with Gasteiger partial charge in [0.1, 0.15) is 4.88 Å². The summed E-state index contributed by atoms with van der Waals surface area (Å²) in [7, 11) is 0. The summed E-state index contributed by atoms with van der Waals surface area (Å²) in [5.41, 5.74) is 1.99. The third-order valence-corrected chi connectivity index (χ3v) is 3.41. The highest BCUT2D eigenvalue weighted by molar-refractivity contribution is 7.08. The summed E-state index contributed by atoms with van der Waals surface area (Å²) in [6, 6.07) is 10.1. The molecule has 0 fully saturated rings. The third-order valence-electron chi connectivity index (χ3n) is 2.64. The number of nitrogens with one attached hydrogen (secondary N) is 1. The van der Waals surface area contributed by atoms with E-state index in [9.17, 15) is 4.79 Å². The number of rotatable bonds is 5. The number of hydrogen-bond acceptors (Lipinski definition) is 4. The van der Waals surface area contributed by atoms with Gasteiger partial charge in [0.15, 0.2) is 0 Å². The first-order valence-corrected chi connectivity index (χ1v) is 6.72. The van der Waals surface area contributed by atoms with E-state index < -0.39 is 0 Å². The number of amides is 1. The van der Waals surface area contributed by atoms with E-state index in [1.807, 2.05) is 25.1 Å². The predicted molar refractivity (Wildman–Crippen MR) is 71.8 cm³/mol. The molecule has 2 aromatic rings. The lowest BCUT2D eigenvalue weighted by atomic mass is 10.1. The van der Waals surface area contributed by atoms with Gasteiger partial charge < -0.3 is 5.32 Å². The Morgan fingerprint density at radius 1 is 1.33 bits per heavy atom. The number of hydrogen-bond donors (Lipinski definition) is 1. The highest BCUT2D eigenvalue weighted by atomic mass is 32.1. The molecule has 5 heteroatoms. The van der Waals surface area contributed by atoms with E-state index in [1.165, 1.54) is 5.56 Å². The Labute approximate surface area is 110 Å². The number of carbonyl (C=O) groups excluding carboxylic acids is 1. The van der Waals surface area contributed by atoms with Crippen molar-refractivity contribution in [1.82, 2.24) is 14.9 Å². The van der Waals surface area contributed by atoms with Gasteiger partial charge >= 0.3 is 0 Å². The SMILES string of the molecule is CCc1nnsc1C(=O)NCCc1ccccc1. The van der Waals surface area contributed by atoms with Crippen LogP contribution in [0, 0.1) is 0 Å². The van der Waals surface area contributed by atoms with Crippen LogP contribution in [0.3, 0.4) is 0 Å². The topological polar surface area (TPSA) is 54.9 Å². The van der Waals surface area contributed by atoms with Gasteiger partial charge in [-0.3, -0.25) is 4.79 Å². The molecule has 0 aliphatic carbocycles. The maximum Gasteiger partial charge on any atom is 0.264 e. The maximum atomic E-state index is 11.9. The van der Waals surface area contributed by atoms with Crippen LogP contribution in [0.5, 0.6) is 0 Å². The van der Waals surface area contributed by atoms with Crippen molar-refractivity contribution in [2.75, 3.05) is 6.54 Å². The summed E-state index contributed by atoms with van der Waals surface area (Å²) in [6.07, 6.45) is 1.57. The molecule has 0 saturated carbocycles. The van der Waals surface area contributed by atoms with E-state index in [1.54, 1.807) is 0 Å². The van der Waals surface area contributed by atoms with Crippen LogP contribution in [-0.4, -0.2) is 22.0 Å². The zero-order valence-corrected chi connectivity index (χ0v) is 11.0. The van der Waals surface area contributed by atoms with E-state index in [-0.39, 0.29) is 5.91 Å². The Balaban J connectivity index is 1.86. The molecule has 18 heavy (non-hydrogen) atoms. The van der Waals surface area contributed by atoms with Crippen LogP contribution in [0.15, 0.2) is 30.3 Å². The van der Waals surface area contributed by atoms with Gasteiger partial charge in [-0.15, -0.1) is 5.10 Å². The van der Waals surface area contributed by atoms with E-state index >= 15 is 0 Å². The second kappa shape index (κ2) is 6.26. The minimum absolute atomic E-state index is 0.0715. The lowest BCUT2D eigenvalue weighted by Crippen LogP contribution is -2.25. The second-order valence-corrected chi connectivity index (χ2v) is 4.65. The highest BCUT2D eigenvalue weighted by Crippen LogP contribution is 2.10. The third kappa shape index (κ3) is 3.13. The van der Waals surface area contributed by atoms with Crippen molar-refractivity contribution in [2.24, 2.45) is 0 Å². The standard InChI is InChI=1S/C13H15N3OS/c1-2-11-12(18-16-15-11)13(17)14-9-8-10-6-4-3-5-7-10/h3-7H,2,8-9H2,1H3,(H,14,17). The smallest absolute Gasteiger partial charge is 0.264 e. The molecule has 1 aromatic carbocycles. The monoisotopic (exact) mass is 261 g/mol. The molecule has 0 bridgehead atoms. The minimum atomic E-state index is -0.0715. The molecule has 4 nitrogen and oxygen atoms in total. The normalized spacial score (nSPS) is 10.3. The Kier molecular flexibility index (Phi) is 4.41. The first kappa shape index (κ1) is 12.7. The van der Waals surface area contributed by atoms with E-state index in [2.05, 4.69) is 27.0 Å². The van der Waals surface area contributed by atoms with Crippen LogP contribution in [0.1, 0.15) is 27.9 Å². The van der Waals surface area contributed by atoms with Crippen LogP contribution in [0.2, 0.25) is 0 Å². The van der Waals surface area contributed by atoms with Gasteiger partial charge in [0, 0.05) is 6.54 Å². The molecule has 1 aromatic heterocycles.